The van der Waals surface area contributed by atoms with Crippen molar-refractivity contribution < 1.29 is 4.79 Å². The highest BCUT2D eigenvalue weighted by Crippen LogP contribution is 2.18. The molecular weight excluding hydrogens is 270 g/mol. The lowest BCUT2D eigenvalue weighted by Gasteiger charge is -2.25. The number of nitrogens with zero attached hydrogens (tertiary/aromatic N) is 1. The van der Waals surface area contributed by atoms with Crippen LogP contribution in [0.1, 0.15) is 18.4 Å². The SMILES string of the molecule is Cc1cc(N)ccc1NC(=O)CCCN1CCSCC1. The number of thioether (sulfide) groups is 1. The van der Waals surface area contributed by atoms with Gasteiger partial charge in [0, 0.05) is 42.4 Å². The summed E-state index contributed by atoms with van der Waals surface area (Å²) in [4.78, 5) is 14.4. The predicted octanol–water partition coefficient (Wildman–Crippen LogP) is 2.34. The van der Waals surface area contributed by atoms with Gasteiger partial charge in [-0.15, -0.1) is 0 Å². The Kier molecular flexibility index (Phi) is 5.73. The molecule has 0 saturated carbocycles. The van der Waals surface area contributed by atoms with Crippen LogP contribution in [0.25, 0.3) is 0 Å². The first-order valence-electron chi connectivity index (χ1n) is 7.11. The number of benzene rings is 1. The molecule has 0 atom stereocenters. The Morgan fingerprint density at radius 2 is 2.15 bits per heavy atom. The molecule has 0 aromatic heterocycles. The van der Waals surface area contributed by atoms with Gasteiger partial charge in [0.25, 0.3) is 0 Å². The van der Waals surface area contributed by atoms with E-state index in [2.05, 4.69) is 10.2 Å². The Labute approximate surface area is 125 Å². The smallest absolute Gasteiger partial charge is 0.224 e. The maximum absolute atomic E-state index is 11.9. The Hall–Kier alpha value is -1.20. The minimum absolute atomic E-state index is 0.0873. The van der Waals surface area contributed by atoms with Crippen LogP contribution in [0.3, 0.4) is 0 Å². The summed E-state index contributed by atoms with van der Waals surface area (Å²) in [6.07, 6.45) is 1.50. The molecule has 0 spiro atoms. The van der Waals surface area contributed by atoms with Crippen LogP contribution in [0.5, 0.6) is 0 Å². The van der Waals surface area contributed by atoms with Crippen molar-refractivity contribution in [1.29, 1.82) is 0 Å². The number of carbonyl (C=O) groups excluding carboxylic acids is 1. The van der Waals surface area contributed by atoms with Crippen LogP contribution in [0.4, 0.5) is 11.4 Å². The largest absolute Gasteiger partial charge is 0.399 e. The van der Waals surface area contributed by atoms with E-state index in [0.29, 0.717) is 6.42 Å². The second-order valence-corrected chi connectivity index (χ2v) is 6.40. The van der Waals surface area contributed by atoms with Crippen molar-refractivity contribution >= 4 is 29.0 Å². The van der Waals surface area contributed by atoms with Gasteiger partial charge in [-0.25, -0.2) is 0 Å². The minimum Gasteiger partial charge on any atom is -0.399 e. The number of anilines is 2. The maximum Gasteiger partial charge on any atom is 0.224 e. The Bertz CT molecular complexity index is 458. The lowest BCUT2D eigenvalue weighted by Crippen LogP contribution is -2.33. The zero-order valence-corrected chi connectivity index (χ0v) is 12.8. The van der Waals surface area contributed by atoms with E-state index in [4.69, 9.17) is 5.73 Å². The average molecular weight is 293 g/mol. The van der Waals surface area contributed by atoms with Crippen LogP contribution in [0.2, 0.25) is 0 Å². The number of hydrogen-bond donors (Lipinski definition) is 2. The monoisotopic (exact) mass is 293 g/mol. The van der Waals surface area contributed by atoms with E-state index in [1.807, 2.05) is 36.9 Å². The van der Waals surface area contributed by atoms with Crippen LogP contribution >= 0.6 is 11.8 Å². The molecule has 20 heavy (non-hydrogen) atoms. The fourth-order valence-corrected chi connectivity index (χ4v) is 3.31. The second kappa shape index (κ2) is 7.55. The molecule has 1 saturated heterocycles. The van der Waals surface area contributed by atoms with Gasteiger partial charge >= 0.3 is 0 Å². The lowest BCUT2D eigenvalue weighted by molar-refractivity contribution is -0.116. The molecule has 1 amide bonds. The summed E-state index contributed by atoms with van der Waals surface area (Å²) in [5.74, 6) is 2.53. The first kappa shape index (κ1) is 15.2. The van der Waals surface area contributed by atoms with Crippen molar-refractivity contribution in [2.75, 3.05) is 42.2 Å². The molecule has 4 nitrogen and oxygen atoms in total. The normalized spacial score (nSPS) is 16.1. The van der Waals surface area contributed by atoms with Crippen LogP contribution in [-0.2, 0) is 4.79 Å². The van der Waals surface area contributed by atoms with Gasteiger partial charge in [-0.1, -0.05) is 0 Å². The molecule has 0 unspecified atom stereocenters. The molecule has 2 rings (SSSR count). The standard InChI is InChI=1S/C15H23N3OS/c1-12-11-13(16)4-5-14(12)17-15(19)3-2-6-18-7-9-20-10-8-18/h4-5,11H,2-3,6-10,16H2,1H3,(H,17,19). The topological polar surface area (TPSA) is 58.4 Å². The summed E-state index contributed by atoms with van der Waals surface area (Å²) >= 11 is 2.01. The highest BCUT2D eigenvalue weighted by atomic mass is 32.2. The van der Waals surface area contributed by atoms with Crippen LogP contribution in [0.15, 0.2) is 18.2 Å². The van der Waals surface area contributed by atoms with Crippen LogP contribution in [0, 0.1) is 6.92 Å². The maximum atomic E-state index is 11.9. The quantitative estimate of drug-likeness (QED) is 0.818. The van der Waals surface area contributed by atoms with E-state index >= 15 is 0 Å². The zero-order valence-electron chi connectivity index (χ0n) is 12.0. The summed E-state index contributed by atoms with van der Waals surface area (Å²) in [6.45, 7) is 5.29. The van der Waals surface area contributed by atoms with Gasteiger partial charge in [0.15, 0.2) is 0 Å². The van der Waals surface area contributed by atoms with Crippen LogP contribution < -0.4 is 11.1 Å². The van der Waals surface area contributed by atoms with E-state index in [1.54, 1.807) is 0 Å². The summed E-state index contributed by atoms with van der Waals surface area (Å²) in [7, 11) is 0. The Balaban J connectivity index is 1.72. The van der Waals surface area contributed by atoms with Crippen molar-refractivity contribution in [3.05, 3.63) is 23.8 Å². The lowest BCUT2D eigenvalue weighted by atomic mass is 10.1. The van der Waals surface area contributed by atoms with Gasteiger partial charge < -0.3 is 16.0 Å². The van der Waals surface area contributed by atoms with Gasteiger partial charge in [0.05, 0.1) is 0 Å². The number of carbonyl (C=O) groups is 1. The van der Waals surface area contributed by atoms with Gasteiger partial charge in [0.2, 0.25) is 5.91 Å². The van der Waals surface area contributed by atoms with E-state index < -0.39 is 0 Å². The fraction of sp³-hybridized carbons (Fsp3) is 0.533. The summed E-state index contributed by atoms with van der Waals surface area (Å²) in [6, 6.07) is 5.56. The molecule has 1 aromatic carbocycles. The molecule has 1 aliphatic heterocycles. The Morgan fingerprint density at radius 1 is 1.40 bits per heavy atom. The second-order valence-electron chi connectivity index (χ2n) is 5.18. The van der Waals surface area contributed by atoms with Crippen molar-refractivity contribution in [1.82, 2.24) is 4.90 Å². The molecule has 0 bridgehead atoms. The van der Waals surface area contributed by atoms with E-state index in [9.17, 15) is 4.79 Å². The molecule has 5 heteroatoms. The van der Waals surface area contributed by atoms with Gasteiger partial charge in [-0.05, 0) is 43.7 Å². The van der Waals surface area contributed by atoms with Gasteiger partial charge in [-0.2, -0.15) is 11.8 Å². The number of nitrogens with two attached hydrogens (primary N) is 1. The highest BCUT2D eigenvalue weighted by molar-refractivity contribution is 7.99. The highest BCUT2D eigenvalue weighted by Gasteiger charge is 2.11. The molecule has 1 aliphatic rings. The number of amides is 1. The number of rotatable bonds is 5. The van der Waals surface area contributed by atoms with Gasteiger partial charge in [-0.3, -0.25) is 4.79 Å². The number of hydrogen-bond acceptors (Lipinski definition) is 4. The van der Waals surface area contributed by atoms with E-state index in [-0.39, 0.29) is 5.91 Å². The average Bonchev–Trinajstić information content (AvgIpc) is 2.43. The number of nitrogen functional groups attached to an aromatic ring is 1. The van der Waals surface area contributed by atoms with E-state index in [1.165, 1.54) is 11.5 Å². The molecule has 1 aromatic rings. The van der Waals surface area contributed by atoms with Crippen molar-refractivity contribution in [3.63, 3.8) is 0 Å². The minimum atomic E-state index is 0.0873. The Morgan fingerprint density at radius 3 is 2.85 bits per heavy atom. The molecule has 1 fully saturated rings. The fourth-order valence-electron chi connectivity index (χ4n) is 2.33. The van der Waals surface area contributed by atoms with E-state index in [0.717, 1.165) is 43.0 Å². The molecular formula is C15H23N3OS. The molecule has 0 radical (unpaired) electrons. The molecule has 1 heterocycles. The first-order valence-corrected chi connectivity index (χ1v) is 8.27. The molecule has 0 aliphatic carbocycles. The third-order valence-corrected chi connectivity index (χ3v) is 4.45. The van der Waals surface area contributed by atoms with Crippen molar-refractivity contribution in [2.24, 2.45) is 0 Å². The predicted molar refractivity (Wildman–Crippen MR) is 87.2 cm³/mol. The molecule has 110 valence electrons. The summed E-state index contributed by atoms with van der Waals surface area (Å²) in [5.41, 5.74) is 8.29. The van der Waals surface area contributed by atoms with Crippen LogP contribution in [-0.4, -0.2) is 41.9 Å². The molecule has 3 N–H and O–H groups in total. The van der Waals surface area contributed by atoms with Crippen molar-refractivity contribution in [3.8, 4) is 0 Å². The summed E-state index contributed by atoms with van der Waals surface area (Å²) < 4.78 is 0. The zero-order chi connectivity index (χ0) is 14.4. The first-order chi connectivity index (χ1) is 9.65. The summed E-state index contributed by atoms with van der Waals surface area (Å²) in [5, 5.41) is 2.96. The third kappa shape index (κ3) is 4.72. The van der Waals surface area contributed by atoms with Crippen molar-refractivity contribution in [2.45, 2.75) is 19.8 Å². The number of aryl methyl sites for hydroxylation is 1. The number of nitrogens with one attached hydrogen (secondary N) is 1. The van der Waals surface area contributed by atoms with Gasteiger partial charge in [0.1, 0.15) is 0 Å². The third-order valence-electron chi connectivity index (χ3n) is 3.51.